The fourth-order valence-electron chi connectivity index (χ4n) is 2.53. The maximum absolute atomic E-state index is 11.3. The minimum atomic E-state index is -0.179. The lowest BCUT2D eigenvalue weighted by Crippen LogP contribution is -3.05. The van der Waals surface area contributed by atoms with Crippen molar-refractivity contribution in [2.45, 2.75) is 12.5 Å². The minimum Gasteiger partial charge on any atom is -0.466 e. The Labute approximate surface area is 78.4 Å². The molecule has 2 saturated heterocycles. The van der Waals surface area contributed by atoms with Crippen LogP contribution in [0.2, 0.25) is 0 Å². The van der Waals surface area contributed by atoms with Gasteiger partial charge in [0.25, 0.3) is 0 Å². The summed E-state index contributed by atoms with van der Waals surface area (Å²) in [5, 5.41) is 0. The summed E-state index contributed by atoms with van der Waals surface area (Å²) in [6, 6.07) is 0.375. The van der Waals surface area contributed by atoms with Crippen molar-refractivity contribution in [1.29, 1.82) is 0 Å². The molecule has 2 heterocycles. The molecule has 1 amide bonds. The predicted octanol–water partition coefficient (Wildman–Crippen LogP) is -0.867. The molecule has 2 aliphatic rings. The van der Waals surface area contributed by atoms with Crippen LogP contribution in [0.4, 0.5) is 4.79 Å². The second-order valence-electron chi connectivity index (χ2n) is 3.94. The number of amides is 1. The molecule has 4 heteroatoms. The number of likely N-dealkylation sites (tertiary alicyclic amines) is 2. The number of rotatable bonds is 0. The van der Waals surface area contributed by atoms with Crippen LogP contribution in [0.3, 0.4) is 0 Å². The third-order valence-electron chi connectivity index (χ3n) is 3.14. The number of nitrogens with one attached hydrogen (secondary N) is 1. The first-order valence-electron chi connectivity index (χ1n) is 4.73. The zero-order valence-corrected chi connectivity index (χ0v) is 7.95. The van der Waals surface area contributed by atoms with Crippen LogP contribution in [0, 0.1) is 13.0 Å². The van der Waals surface area contributed by atoms with E-state index in [9.17, 15) is 4.79 Å². The monoisotopic (exact) mass is 184 g/mol. The molecule has 0 aromatic carbocycles. The second-order valence-corrected chi connectivity index (χ2v) is 3.94. The van der Waals surface area contributed by atoms with Crippen LogP contribution in [0.5, 0.6) is 0 Å². The number of hydrogen-bond donors (Lipinski definition) is 1. The lowest BCUT2D eigenvalue weighted by molar-refractivity contribution is -0.842. The average Bonchev–Trinajstić information content (AvgIpc) is 2.61. The number of nitrogens with zero attached hydrogens (tertiary/aromatic N) is 1. The maximum atomic E-state index is 11.3. The molecule has 0 aromatic rings. The highest BCUT2D eigenvalue weighted by molar-refractivity contribution is 5.68. The molecule has 0 bridgehead atoms. The summed E-state index contributed by atoms with van der Waals surface area (Å²) < 4.78 is 4.73. The third kappa shape index (κ3) is 1.39. The van der Waals surface area contributed by atoms with Gasteiger partial charge in [-0.1, -0.05) is 0 Å². The summed E-state index contributed by atoms with van der Waals surface area (Å²) in [4.78, 5) is 14.5. The van der Waals surface area contributed by atoms with E-state index in [1.165, 1.54) is 12.0 Å². The number of carbonyl (C=O) groups is 1. The van der Waals surface area contributed by atoms with Crippen LogP contribution in [0.1, 0.15) is 6.42 Å². The Morgan fingerprint density at radius 3 is 3.08 bits per heavy atom. The Morgan fingerprint density at radius 1 is 1.62 bits per heavy atom. The van der Waals surface area contributed by atoms with E-state index in [1.807, 2.05) is 4.90 Å². The first-order valence-corrected chi connectivity index (χ1v) is 4.73. The molecular weight excluding hydrogens is 168 g/mol. The van der Waals surface area contributed by atoms with Crippen LogP contribution in [0.15, 0.2) is 0 Å². The normalized spacial score (nSPS) is 37.7. The van der Waals surface area contributed by atoms with Crippen LogP contribution in [-0.2, 0) is 4.74 Å². The molecule has 2 rings (SSSR count). The van der Waals surface area contributed by atoms with E-state index in [1.54, 1.807) is 0 Å². The molecule has 1 N–H and O–H groups in total. The van der Waals surface area contributed by atoms with Gasteiger partial charge < -0.3 is 9.64 Å². The number of fused-ring (bicyclic) bond motifs is 1. The van der Waals surface area contributed by atoms with Gasteiger partial charge in [0.05, 0.1) is 26.2 Å². The van der Waals surface area contributed by atoms with E-state index in [-0.39, 0.29) is 6.09 Å². The maximum Gasteiger partial charge on any atom is 0.409 e. The molecule has 2 aliphatic heterocycles. The lowest BCUT2D eigenvalue weighted by Gasteiger charge is -2.22. The number of ether oxygens (including phenoxy) is 1. The van der Waals surface area contributed by atoms with Gasteiger partial charge in [-0.05, 0) is 6.42 Å². The van der Waals surface area contributed by atoms with Gasteiger partial charge in [0, 0.05) is 12.5 Å². The largest absolute Gasteiger partial charge is 0.466 e. The molecule has 0 radical (unpaired) electrons. The minimum absolute atomic E-state index is 0.179. The number of hydrogen-bond acceptors (Lipinski definition) is 2. The summed E-state index contributed by atoms with van der Waals surface area (Å²) in [5.74, 6) is 0.645. The van der Waals surface area contributed by atoms with Crippen molar-refractivity contribution in [1.82, 2.24) is 4.90 Å². The van der Waals surface area contributed by atoms with E-state index in [4.69, 9.17) is 4.74 Å². The quantitative estimate of drug-likeness (QED) is 0.497. The van der Waals surface area contributed by atoms with E-state index >= 15 is 0 Å². The first kappa shape index (κ1) is 8.81. The Balaban J connectivity index is 2.04. The summed E-state index contributed by atoms with van der Waals surface area (Å²) in [7, 11) is 5.42. The van der Waals surface area contributed by atoms with E-state index in [0.717, 1.165) is 26.1 Å². The SMILES string of the molecule is [CH2-][NH+]1C[C@H]2CCN(C(=O)OC)[C@H]2C1. The summed E-state index contributed by atoms with van der Waals surface area (Å²) in [5.41, 5.74) is 0. The van der Waals surface area contributed by atoms with Crippen molar-refractivity contribution in [2.75, 3.05) is 26.7 Å². The van der Waals surface area contributed by atoms with E-state index < -0.39 is 0 Å². The topological polar surface area (TPSA) is 34.0 Å². The lowest BCUT2D eigenvalue weighted by atomic mass is 10.1. The Hall–Kier alpha value is -0.770. The molecule has 1 unspecified atom stereocenters. The smallest absolute Gasteiger partial charge is 0.409 e. The van der Waals surface area contributed by atoms with E-state index in [2.05, 4.69) is 7.05 Å². The predicted molar refractivity (Wildman–Crippen MR) is 47.1 cm³/mol. The van der Waals surface area contributed by atoms with Gasteiger partial charge in [0.2, 0.25) is 0 Å². The second kappa shape index (κ2) is 3.18. The zero-order chi connectivity index (χ0) is 9.42. The molecule has 4 nitrogen and oxygen atoms in total. The Morgan fingerprint density at radius 2 is 2.38 bits per heavy atom. The standard InChI is InChI=1S/C9H16N2O2/c1-10-5-7-3-4-11(8(7)6-10)9(12)13-2/h7-8,10H,1,3-6H2,2H3/t7-,8+/m1/s1. The molecule has 3 atom stereocenters. The fraction of sp³-hybridized carbons (Fsp3) is 0.778. The molecule has 0 aliphatic carbocycles. The van der Waals surface area contributed by atoms with Crippen LogP contribution < -0.4 is 4.90 Å². The Kier molecular flexibility index (Phi) is 2.15. The molecule has 0 saturated carbocycles. The molecule has 74 valence electrons. The van der Waals surface area contributed by atoms with Crippen molar-refractivity contribution < 1.29 is 14.4 Å². The van der Waals surface area contributed by atoms with Crippen molar-refractivity contribution in [2.24, 2.45) is 5.92 Å². The highest BCUT2D eigenvalue weighted by atomic mass is 16.5. The summed E-state index contributed by atoms with van der Waals surface area (Å²) >= 11 is 0. The van der Waals surface area contributed by atoms with Gasteiger partial charge in [-0.3, -0.25) is 4.90 Å². The summed E-state index contributed by atoms with van der Waals surface area (Å²) in [6.07, 6.45) is 0.931. The van der Waals surface area contributed by atoms with Crippen LogP contribution in [-0.4, -0.2) is 43.8 Å². The van der Waals surface area contributed by atoms with Gasteiger partial charge >= 0.3 is 6.09 Å². The third-order valence-corrected chi connectivity index (χ3v) is 3.14. The zero-order valence-electron chi connectivity index (χ0n) is 7.95. The molecule has 13 heavy (non-hydrogen) atoms. The number of methoxy groups -OCH3 is 1. The van der Waals surface area contributed by atoms with Gasteiger partial charge in [0.15, 0.2) is 0 Å². The van der Waals surface area contributed by atoms with Crippen molar-refractivity contribution in [3.8, 4) is 0 Å². The van der Waals surface area contributed by atoms with Crippen LogP contribution in [0.25, 0.3) is 0 Å². The fourth-order valence-corrected chi connectivity index (χ4v) is 2.53. The number of carbonyl (C=O) groups excluding carboxylic acids is 1. The van der Waals surface area contributed by atoms with Gasteiger partial charge in [-0.2, -0.15) is 7.05 Å². The van der Waals surface area contributed by atoms with Crippen molar-refractivity contribution in [3.05, 3.63) is 7.05 Å². The van der Waals surface area contributed by atoms with E-state index in [0.29, 0.717) is 12.0 Å². The summed E-state index contributed by atoms with van der Waals surface area (Å²) in [6.45, 7) is 2.92. The highest BCUT2D eigenvalue weighted by Crippen LogP contribution is 2.25. The van der Waals surface area contributed by atoms with Gasteiger partial charge in [-0.25, -0.2) is 4.79 Å². The average molecular weight is 184 g/mol. The van der Waals surface area contributed by atoms with Gasteiger partial charge in [0.1, 0.15) is 0 Å². The van der Waals surface area contributed by atoms with Crippen molar-refractivity contribution >= 4 is 6.09 Å². The number of quaternary nitrogens is 1. The van der Waals surface area contributed by atoms with Crippen LogP contribution >= 0.6 is 0 Å². The van der Waals surface area contributed by atoms with Crippen molar-refractivity contribution in [3.63, 3.8) is 0 Å². The molecule has 0 aromatic heterocycles. The van der Waals surface area contributed by atoms with Gasteiger partial charge in [-0.15, -0.1) is 0 Å². The highest BCUT2D eigenvalue weighted by Gasteiger charge is 2.43. The Bertz CT molecular complexity index is 220. The molecule has 2 fully saturated rings. The molecular formula is C9H16N2O2. The first-order chi connectivity index (χ1) is 6.22. The molecule has 0 spiro atoms.